The van der Waals surface area contributed by atoms with Crippen molar-refractivity contribution in [2.24, 2.45) is 5.73 Å². The van der Waals surface area contributed by atoms with Crippen molar-refractivity contribution in [2.45, 2.75) is 6.04 Å². The zero-order valence-corrected chi connectivity index (χ0v) is 5.87. The minimum absolute atomic E-state index is 0.159. The fraction of sp³-hybridized carbons (Fsp3) is 0.286. The Kier molecular flexibility index (Phi) is 2.51. The van der Waals surface area contributed by atoms with E-state index in [0.29, 0.717) is 5.56 Å². The molecule has 0 saturated heterocycles. The number of rotatable bonds is 2. The lowest BCUT2D eigenvalue weighted by molar-refractivity contribution is 0.267. The third-order valence-corrected chi connectivity index (χ3v) is 1.38. The van der Waals surface area contributed by atoms with Crippen LogP contribution in [0.5, 0.6) is 0 Å². The molecular formula is C7H9FN2O. The molecular weight excluding hydrogens is 147 g/mol. The number of pyridine rings is 1. The van der Waals surface area contributed by atoms with Gasteiger partial charge in [-0.2, -0.15) is 4.39 Å². The normalized spacial score (nSPS) is 13.0. The van der Waals surface area contributed by atoms with Crippen LogP contribution in [0, 0.1) is 5.95 Å². The highest BCUT2D eigenvalue weighted by molar-refractivity contribution is 5.13. The van der Waals surface area contributed by atoms with Gasteiger partial charge in [0.2, 0.25) is 5.95 Å². The predicted molar refractivity (Wildman–Crippen MR) is 38.2 cm³/mol. The molecule has 0 amide bonds. The fourth-order valence-electron chi connectivity index (χ4n) is 0.712. The van der Waals surface area contributed by atoms with Gasteiger partial charge in [0.25, 0.3) is 0 Å². The smallest absolute Gasteiger partial charge is 0.212 e. The molecule has 11 heavy (non-hydrogen) atoms. The van der Waals surface area contributed by atoms with Crippen LogP contribution >= 0.6 is 0 Å². The number of nitrogens with zero attached hydrogens (tertiary/aromatic N) is 1. The maximum Gasteiger partial charge on any atom is 0.212 e. The van der Waals surface area contributed by atoms with E-state index >= 15 is 0 Å². The average molecular weight is 156 g/mol. The van der Waals surface area contributed by atoms with E-state index < -0.39 is 12.0 Å². The lowest BCUT2D eigenvalue weighted by Gasteiger charge is -2.06. The summed E-state index contributed by atoms with van der Waals surface area (Å²) < 4.78 is 12.2. The number of aliphatic hydroxyl groups is 1. The highest BCUT2D eigenvalue weighted by atomic mass is 19.1. The van der Waals surface area contributed by atoms with Crippen molar-refractivity contribution in [3.8, 4) is 0 Å². The molecule has 4 heteroatoms. The first-order chi connectivity index (χ1) is 5.24. The van der Waals surface area contributed by atoms with Gasteiger partial charge in [0.05, 0.1) is 12.6 Å². The molecule has 1 aromatic rings. The van der Waals surface area contributed by atoms with Crippen molar-refractivity contribution in [2.75, 3.05) is 6.61 Å². The zero-order valence-electron chi connectivity index (χ0n) is 5.87. The minimum Gasteiger partial charge on any atom is -0.394 e. The first-order valence-corrected chi connectivity index (χ1v) is 3.22. The van der Waals surface area contributed by atoms with Gasteiger partial charge in [-0.15, -0.1) is 0 Å². The van der Waals surface area contributed by atoms with Crippen molar-refractivity contribution in [3.05, 3.63) is 29.8 Å². The predicted octanol–water partition coefficient (Wildman–Crippen LogP) is 0.213. The summed E-state index contributed by atoms with van der Waals surface area (Å²) in [6.07, 6.45) is 1.32. The first kappa shape index (κ1) is 8.10. The monoisotopic (exact) mass is 156 g/mol. The molecule has 0 aliphatic carbocycles. The number of aromatic nitrogens is 1. The van der Waals surface area contributed by atoms with Crippen molar-refractivity contribution in [3.63, 3.8) is 0 Å². The topological polar surface area (TPSA) is 59.1 Å². The van der Waals surface area contributed by atoms with Crippen LogP contribution < -0.4 is 5.73 Å². The molecule has 0 aromatic carbocycles. The van der Waals surface area contributed by atoms with E-state index in [1.165, 1.54) is 18.3 Å². The Morgan fingerprint density at radius 2 is 2.36 bits per heavy atom. The Hall–Kier alpha value is -1.00. The van der Waals surface area contributed by atoms with Crippen molar-refractivity contribution in [1.82, 2.24) is 4.98 Å². The van der Waals surface area contributed by atoms with Crippen LogP contribution in [-0.2, 0) is 0 Å². The van der Waals surface area contributed by atoms with Crippen molar-refractivity contribution in [1.29, 1.82) is 0 Å². The summed E-state index contributed by atoms with van der Waals surface area (Å²) in [5, 5.41) is 8.61. The highest BCUT2D eigenvalue weighted by Crippen LogP contribution is 2.07. The molecule has 1 unspecified atom stereocenters. The summed E-state index contributed by atoms with van der Waals surface area (Å²) in [7, 11) is 0. The van der Waals surface area contributed by atoms with Crippen LogP contribution in [-0.4, -0.2) is 16.7 Å². The minimum atomic E-state index is -0.543. The molecule has 0 spiro atoms. The average Bonchev–Trinajstić information content (AvgIpc) is 2.05. The zero-order chi connectivity index (χ0) is 8.27. The van der Waals surface area contributed by atoms with E-state index in [4.69, 9.17) is 10.8 Å². The van der Waals surface area contributed by atoms with E-state index in [0.717, 1.165) is 0 Å². The molecule has 1 atom stereocenters. The molecule has 3 N–H and O–H groups in total. The highest BCUT2D eigenvalue weighted by Gasteiger charge is 2.03. The van der Waals surface area contributed by atoms with Gasteiger partial charge in [0.15, 0.2) is 0 Å². The van der Waals surface area contributed by atoms with Gasteiger partial charge in [-0.1, -0.05) is 6.07 Å². The van der Waals surface area contributed by atoms with Crippen LogP contribution in [0.15, 0.2) is 18.3 Å². The maximum atomic E-state index is 12.2. The lowest BCUT2D eigenvalue weighted by atomic mass is 10.1. The Bertz CT molecular complexity index is 224. The van der Waals surface area contributed by atoms with Crippen LogP contribution in [0.25, 0.3) is 0 Å². The molecule has 1 aromatic heterocycles. The molecule has 0 radical (unpaired) electrons. The van der Waals surface area contributed by atoms with Gasteiger partial charge in [-0.25, -0.2) is 4.98 Å². The van der Waals surface area contributed by atoms with E-state index in [9.17, 15) is 4.39 Å². The first-order valence-electron chi connectivity index (χ1n) is 3.22. The van der Waals surface area contributed by atoms with E-state index in [1.54, 1.807) is 0 Å². The standard InChI is InChI=1S/C7H9FN2O/c8-7-2-1-5(3-10-7)6(9)4-11/h1-3,6,11H,4,9H2. The van der Waals surface area contributed by atoms with Crippen molar-refractivity contribution >= 4 is 0 Å². The number of nitrogens with two attached hydrogens (primary N) is 1. The molecule has 0 fully saturated rings. The second kappa shape index (κ2) is 3.41. The largest absolute Gasteiger partial charge is 0.394 e. The Morgan fingerprint density at radius 1 is 1.64 bits per heavy atom. The van der Waals surface area contributed by atoms with E-state index in [2.05, 4.69) is 4.98 Å². The van der Waals surface area contributed by atoms with Crippen molar-refractivity contribution < 1.29 is 9.50 Å². The molecule has 3 nitrogen and oxygen atoms in total. The summed E-state index contributed by atoms with van der Waals surface area (Å²) >= 11 is 0. The second-order valence-electron chi connectivity index (χ2n) is 2.20. The molecule has 0 aliphatic heterocycles. The van der Waals surface area contributed by atoms with E-state index in [1.807, 2.05) is 0 Å². The quantitative estimate of drug-likeness (QED) is 0.602. The third-order valence-electron chi connectivity index (χ3n) is 1.38. The summed E-state index contributed by atoms with van der Waals surface area (Å²) in [5.41, 5.74) is 6.07. The molecule has 0 saturated carbocycles. The van der Waals surface area contributed by atoms with Gasteiger partial charge < -0.3 is 10.8 Å². The second-order valence-corrected chi connectivity index (χ2v) is 2.20. The molecule has 60 valence electrons. The SMILES string of the molecule is NC(CO)c1ccc(F)nc1. The van der Waals surface area contributed by atoms with Crippen LogP contribution in [0.3, 0.4) is 0 Å². The van der Waals surface area contributed by atoms with Gasteiger partial charge in [-0.3, -0.25) is 0 Å². The van der Waals surface area contributed by atoms with Crippen LogP contribution in [0.4, 0.5) is 4.39 Å². The number of halogens is 1. The molecule has 1 heterocycles. The third kappa shape index (κ3) is 1.96. The summed E-state index contributed by atoms with van der Waals surface area (Å²) in [6, 6.07) is 2.25. The molecule has 1 rings (SSSR count). The fourth-order valence-corrected chi connectivity index (χ4v) is 0.712. The summed E-state index contributed by atoms with van der Waals surface area (Å²) in [5.74, 6) is -0.543. The molecule has 0 bridgehead atoms. The number of hydrogen-bond acceptors (Lipinski definition) is 3. The number of hydrogen-bond donors (Lipinski definition) is 2. The maximum absolute atomic E-state index is 12.2. The summed E-state index contributed by atoms with van der Waals surface area (Å²) in [4.78, 5) is 3.39. The molecule has 0 aliphatic rings. The van der Waals surface area contributed by atoms with Gasteiger partial charge in [0.1, 0.15) is 0 Å². The Balaban J connectivity index is 2.81. The number of aliphatic hydroxyl groups excluding tert-OH is 1. The Morgan fingerprint density at radius 3 is 2.82 bits per heavy atom. The van der Waals surface area contributed by atoms with Crippen LogP contribution in [0.2, 0.25) is 0 Å². The van der Waals surface area contributed by atoms with Gasteiger partial charge in [0, 0.05) is 6.20 Å². The summed E-state index contributed by atoms with van der Waals surface area (Å²) in [6.45, 7) is -0.159. The van der Waals surface area contributed by atoms with Gasteiger partial charge >= 0.3 is 0 Å². The van der Waals surface area contributed by atoms with E-state index in [-0.39, 0.29) is 6.61 Å². The van der Waals surface area contributed by atoms with Gasteiger partial charge in [-0.05, 0) is 11.6 Å². The van der Waals surface area contributed by atoms with Crippen LogP contribution in [0.1, 0.15) is 11.6 Å². The lowest BCUT2D eigenvalue weighted by Crippen LogP contribution is -2.14. The Labute approximate surface area is 63.7 Å².